The van der Waals surface area contributed by atoms with Crippen LogP contribution in [-0.4, -0.2) is 16.1 Å². The Bertz CT molecular complexity index is 598. The number of carboxylic acid groups (broad SMARTS) is 1. The van der Waals surface area contributed by atoms with Crippen molar-refractivity contribution in [1.29, 1.82) is 0 Å². The van der Waals surface area contributed by atoms with Crippen LogP contribution in [0.3, 0.4) is 0 Å². The number of aromatic carboxylic acids is 1. The highest BCUT2D eigenvalue weighted by Gasteiger charge is 2.08. The van der Waals surface area contributed by atoms with E-state index in [0.717, 1.165) is 22.4 Å². The third-order valence-electron chi connectivity index (χ3n) is 2.57. The molecule has 0 unspecified atom stereocenters. The number of carboxylic acids is 1. The molecular weight excluding hydrogens is 267 g/mol. The van der Waals surface area contributed by atoms with Crippen LogP contribution in [0.2, 0.25) is 0 Å². The Hall–Kier alpha value is -1.95. The number of aryl methyl sites for hydroxylation is 1. The van der Waals surface area contributed by atoms with Crippen LogP contribution in [0, 0.1) is 5.82 Å². The zero-order chi connectivity index (χ0) is 13.8. The molecule has 6 heteroatoms. The number of nitrogens with one attached hydrogen (secondary N) is 1. The van der Waals surface area contributed by atoms with Gasteiger partial charge in [0.1, 0.15) is 5.82 Å². The summed E-state index contributed by atoms with van der Waals surface area (Å²) in [5, 5.41) is 12.8. The minimum atomic E-state index is -1.07. The molecule has 4 nitrogen and oxygen atoms in total. The summed E-state index contributed by atoms with van der Waals surface area (Å²) in [5.41, 5.74) is 0.244. The second-order valence-corrected chi connectivity index (χ2v) is 5.13. The molecule has 0 saturated heterocycles. The van der Waals surface area contributed by atoms with Crippen LogP contribution < -0.4 is 5.32 Å². The number of aromatic nitrogens is 1. The van der Waals surface area contributed by atoms with Crippen LogP contribution in [0.15, 0.2) is 24.4 Å². The first-order chi connectivity index (χ1) is 9.10. The first-order valence-electron chi connectivity index (χ1n) is 5.80. The molecule has 2 N–H and O–H groups in total. The summed E-state index contributed by atoms with van der Waals surface area (Å²) in [4.78, 5) is 16.0. The topological polar surface area (TPSA) is 62.2 Å². The highest BCUT2D eigenvalue weighted by molar-refractivity contribution is 7.11. The number of nitrogens with zero attached hydrogens (tertiary/aromatic N) is 1. The normalized spacial score (nSPS) is 10.4. The van der Waals surface area contributed by atoms with E-state index < -0.39 is 11.8 Å². The van der Waals surface area contributed by atoms with Gasteiger partial charge < -0.3 is 10.4 Å². The van der Waals surface area contributed by atoms with Gasteiger partial charge in [-0.1, -0.05) is 6.92 Å². The number of hydrogen-bond acceptors (Lipinski definition) is 4. The van der Waals surface area contributed by atoms with E-state index in [-0.39, 0.29) is 11.3 Å². The maximum absolute atomic E-state index is 13.5. The summed E-state index contributed by atoms with van der Waals surface area (Å²) in [6.07, 6.45) is 2.61. The molecule has 1 heterocycles. The predicted molar refractivity (Wildman–Crippen MR) is 72.2 cm³/mol. The van der Waals surface area contributed by atoms with Crippen molar-refractivity contribution < 1.29 is 14.3 Å². The highest BCUT2D eigenvalue weighted by Crippen LogP contribution is 2.19. The molecular formula is C13H13FN2O2S. The molecule has 0 fully saturated rings. The van der Waals surface area contributed by atoms with Gasteiger partial charge in [-0.05, 0) is 24.6 Å². The molecule has 0 saturated carbocycles. The lowest BCUT2D eigenvalue weighted by atomic mass is 10.2. The van der Waals surface area contributed by atoms with Crippen LogP contribution in [0.1, 0.15) is 27.2 Å². The zero-order valence-electron chi connectivity index (χ0n) is 10.3. The van der Waals surface area contributed by atoms with Crippen molar-refractivity contribution in [3.8, 4) is 0 Å². The number of thiazole rings is 1. The standard InChI is InChI=1S/C13H13FN2O2S/c1-2-12-16-7-9(19-12)6-15-11-5-8(13(17)18)3-4-10(11)14/h3-5,7,15H,2,6H2,1H3,(H,17,18). The number of anilines is 1. The average Bonchev–Trinajstić information content (AvgIpc) is 2.85. The largest absolute Gasteiger partial charge is 0.478 e. The van der Waals surface area contributed by atoms with Gasteiger partial charge in [0.05, 0.1) is 22.8 Å². The van der Waals surface area contributed by atoms with E-state index in [1.807, 2.05) is 6.92 Å². The van der Waals surface area contributed by atoms with Crippen LogP contribution in [0.5, 0.6) is 0 Å². The summed E-state index contributed by atoms with van der Waals surface area (Å²) >= 11 is 1.56. The molecule has 0 aliphatic heterocycles. The molecule has 0 atom stereocenters. The molecule has 1 aromatic carbocycles. The second kappa shape index (κ2) is 5.79. The quantitative estimate of drug-likeness (QED) is 0.883. The lowest BCUT2D eigenvalue weighted by molar-refractivity contribution is 0.0697. The zero-order valence-corrected chi connectivity index (χ0v) is 11.1. The Morgan fingerprint density at radius 1 is 1.53 bits per heavy atom. The first kappa shape index (κ1) is 13.5. The molecule has 0 aliphatic rings. The average molecular weight is 280 g/mol. The van der Waals surface area contributed by atoms with E-state index in [1.165, 1.54) is 12.1 Å². The number of halogens is 1. The lowest BCUT2D eigenvalue weighted by Gasteiger charge is -2.06. The Morgan fingerprint density at radius 3 is 2.95 bits per heavy atom. The van der Waals surface area contributed by atoms with Gasteiger partial charge >= 0.3 is 5.97 Å². The van der Waals surface area contributed by atoms with Gasteiger partial charge in [-0.3, -0.25) is 0 Å². The molecule has 19 heavy (non-hydrogen) atoms. The van der Waals surface area contributed by atoms with Crippen molar-refractivity contribution in [2.45, 2.75) is 19.9 Å². The van der Waals surface area contributed by atoms with Crippen molar-refractivity contribution >= 4 is 23.0 Å². The van der Waals surface area contributed by atoms with Gasteiger partial charge in [-0.25, -0.2) is 14.2 Å². The van der Waals surface area contributed by atoms with Gasteiger partial charge in [0.25, 0.3) is 0 Å². The third kappa shape index (κ3) is 3.29. The minimum absolute atomic E-state index is 0.0578. The fourth-order valence-electron chi connectivity index (χ4n) is 1.57. The van der Waals surface area contributed by atoms with E-state index >= 15 is 0 Å². The van der Waals surface area contributed by atoms with Gasteiger partial charge in [-0.15, -0.1) is 11.3 Å². The third-order valence-corrected chi connectivity index (χ3v) is 3.71. The molecule has 100 valence electrons. The summed E-state index contributed by atoms with van der Waals surface area (Å²) in [7, 11) is 0. The van der Waals surface area contributed by atoms with Crippen molar-refractivity contribution in [2.75, 3.05) is 5.32 Å². The van der Waals surface area contributed by atoms with E-state index in [2.05, 4.69) is 10.3 Å². The maximum atomic E-state index is 13.5. The summed E-state index contributed by atoms with van der Waals surface area (Å²) in [5.74, 6) is -1.54. The molecule has 1 aromatic heterocycles. The van der Waals surface area contributed by atoms with Crippen molar-refractivity contribution in [3.63, 3.8) is 0 Å². The minimum Gasteiger partial charge on any atom is -0.478 e. The number of rotatable bonds is 5. The van der Waals surface area contributed by atoms with Gasteiger partial charge in [0.15, 0.2) is 0 Å². The Balaban J connectivity index is 2.10. The fraction of sp³-hybridized carbons (Fsp3) is 0.231. The van der Waals surface area contributed by atoms with Gasteiger partial charge in [-0.2, -0.15) is 0 Å². The Labute approximate surface area is 113 Å². The summed E-state index contributed by atoms with van der Waals surface area (Å²) in [6.45, 7) is 2.45. The Kier molecular flexibility index (Phi) is 4.11. The van der Waals surface area contributed by atoms with Crippen LogP contribution in [-0.2, 0) is 13.0 Å². The van der Waals surface area contributed by atoms with Crippen LogP contribution >= 0.6 is 11.3 Å². The monoisotopic (exact) mass is 280 g/mol. The van der Waals surface area contributed by atoms with Crippen molar-refractivity contribution in [2.24, 2.45) is 0 Å². The summed E-state index contributed by atoms with van der Waals surface area (Å²) in [6, 6.07) is 3.68. The molecule has 2 aromatic rings. The summed E-state index contributed by atoms with van der Waals surface area (Å²) < 4.78 is 13.5. The number of benzene rings is 1. The van der Waals surface area contributed by atoms with Crippen molar-refractivity contribution in [3.05, 3.63) is 45.7 Å². The van der Waals surface area contributed by atoms with Gasteiger partial charge in [0.2, 0.25) is 0 Å². The van der Waals surface area contributed by atoms with E-state index in [9.17, 15) is 9.18 Å². The molecule has 0 bridgehead atoms. The molecule has 0 radical (unpaired) electrons. The maximum Gasteiger partial charge on any atom is 0.335 e. The lowest BCUT2D eigenvalue weighted by Crippen LogP contribution is -2.03. The highest BCUT2D eigenvalue weighted by atomic mass is 32.1. The van der Waals surface area contributed by atoms with Gasteiger partial charge in [0, 0.05) is 11.1 Å². The first-order valence-corrected chi connectivity index (χ1v) is 6.62. The predicted octanol–water partition coefficient (Wildman–Crippen LogP) is 3.15. The SMILES string of the molecule is CCc1ncc(CNc2cc(C(=O)O)ccc2F)s1. The molecule has 2 rings (SSSR count). The fourth-order valence-corrected chi connectivity index (χ4v) is 2.37. The number of hydrogen-bond donors (Lipinski definition) is 2. The second-order valence-electron chi connectivity index (χ2n) is 3.93. The van der Waals surface area contributed by atoms with E-state index in [0.29, 0.717) is 6.54 Å². The van der Waals surface area contributed by atoms with E-state index in [1.54, 1.807) is 17.5 Å². The Morgan fingerprint density at radius 2 is 2.32 bits per heavy atom. The van der Waals surface area contributed by atoms with Crippen LogP contribution in [0.25, 0.3) is 0 Å². The smallest absolute Gasteiger partial charge is 0.335 e. The molecule has 0 aliphatic carbocycles. The number of carbonyl (C=O) groups is 1. The molecule has 0 amide bonds. The van der Waals surface area contributed by atoms with E-state index in [4.69, 9.17) is 5.11 Å². The molecule has 0 spiro atoms. The van der Waals surface area contributed by atoms with Crippen molar-refractivity contribution in [1.82, 2.24) is 4.98 Å². The van der Waals surface area contributed by atoms with Crippen LogP contribution in [0.4, 0.5) is 10.1 Å².